The number of carbonyl (C=O) groups excluding carboxylic acids is 1. The highest BCUT2D eigenvalue weighted by Gasteiger charge is 2.37. The van der Waals surface area contributed by atoms with Crippen LogP contribution in [0.4, 0.5) is 0 Å². The van der Waals surface area contributed by atoms with Gasteiger partial charge < -0.3 is 14.4 Å². The van der Waals surface area contributed by atoms with Gasteiger partial charge in [-0.05, 0) is 42.0 Å². The van der Waals surface area contributed by atoms with Gasteiger partial charge in [0.15, 0.2) is 11.5 Å². The molecule has 6 nitrogen and oxygen atoms in total. The first-order valence-corrected chi connectivity index (χ1v) is 10.5. The summed E-state index contributed by atoms with van der Waals surface area (Å²) in [4.78, 5) is 15.0. The van der Waals surface area contributed by atoms with Gasteiger partial charge in [-0.2, -0.15) is 0 Å². The lowest BCUT2D eigenvalue weighted by Crippen LogP contribution is -2.48. The zero-order chi connectivity index (χ0) is 19.6. The highest BCUT2D eigenvalue weighted by molar-refractivity contribution is 5.79. The molecule has 6 heteroatoms. The summed E-state index contributed by atoms with van der Waals surface area (Å²) in [6, 6.07) is 16.8. The molecule has 2 saturated heterocycles. The molecule has 0 spiro atoms. The van der Waals surface area contributed by atoms with Gasteiger partial charge in [-0.3, -0.25) is 15.6 Å². The Balaban J connectivity index is 1.25. The number of hydrogen-bond donors (Lipinski definition) is 2. The Labute approximate surface area is 171 Å². The second-order valence-corrected chi connectivity index (χ2v) is 8.17. The van der Waals surface area contributed by atoms with E-state index in [-0.39, 0.29) is 12.7 Å². The molecule has 5 rings (SSSR count). The molecule has 2 fully saturated rings. The topological polar surface area (TPSA) is 62.8 Å². The Morgan fingerprint density at radius 3 is 2.86 bits per heavy atom. The van der Waals surface area contributed by atoms with Crippen LogP contribution >= 0.6 is 0 Å². The first-order valence-electron chi connectivity index (χ1n) is 10.5. The molecule has 2 aromatic rings. The van der Waals surface area contributed by atoms with Gasteiger partial charge in [0.2, 0.25) is 12.7 Å². The van der Waals surface area contributed by atoms with E-state index < -0.39 is 0 Å². The van der Waals surface area contributed by atoms with Crippen molar-refractivity contribution in [3.63, 3.8) is 0 Å². The number of hydrogen-bond acceptors (Lipinski definition) is 5. The van der Waals surface area contributed by atoms with Gasteiger partial charge in [0.05, 0.1) is 6.42 Å². The van der Waals surface area contributed by atoms with Crippen LogP contribution in [-0.2, 0) is 11.2 Å². The molecule has 29 heavy (non-hydrogen) atoms. The van der Waals surface area contributed by atoms with Crippen LogP contribution in [0.1, 0.15) is 29.9 Å². The largest absolute Gasteiger partial charge is 0.454 e. The summed E-state index contributed by atoms with van der Waals surface area (Å²) in [5, 5.41) is 0. The molecule has 0 saturated carbocycles. The Morgan fingerprint density at radius 1 is 1.10 bits per heavy atom. The lowest BCUT2D eigenvalue weighted by molar-refractivity contribution is -0.132. The number of benzene rings is 2. The first-order chi connectivity index (χ1) is 14.3. The molecular formula is C23H27N3O3. The number of hydrazine groups is 1. The highest BCUT2D eigenvalue weighted by atomic mass is 16.7. The average molecular weight is 393 g/mol. The van der Waals surface area contributed by atoms with Crippen molar-refractivity contribution in [2.75, 3.05) is 26.4 Å². The fourth-order valence-corrected chi connectivity index (χ4v) is 4.85. The van der Waals surface area contributed by atoms with Gasteiger partial charge in [-0.15, -0.1) is 0 Å². The molecule has 2 aromatic carbocycles. The molecule has 3 atom stereocenters. The van der Waals surface area contributed by atoms with Crippen molar-refractivity contribution in [1.29, 1.82) is 0 Å². The monoisotopic (exact) mass is 393 g/mol. The van der Waals surface area contributed by atoms with Gasteiger partial charge in [0.1, 0.15) is 0 Å². The van der Waals surface area contributed by atoms with Gasteiger partial charge in [-0.1, -0.05) is 36.4 Å². The molecule has 3 aliphatic rings. The quantitative estimate of drug-likeness (QED) is 0.836. The van der Waals surface area contributed by atoms with E-state index in [2.05, 4.69) is 41.2 Å². The zero-order valence-corrected chi connectivity index (χ0v) is 16.5. The summed E-state index contributed by atoms with van der Waals surface area (Å²) in [6.07, 6.45) is 2.61. The van der Waals surface area contributed by atoms with E-state index in [1.54, 1.807) is 0 Å². The number of rotatable bonds is 4. The number of fused-ring (bicyclic) bond motifs is 1. The van der Waals surface area contributed by atoms with Crippen molar-refractivity contribution in [2.45, 2.75) is 31.2 Å². The number of nitrogens with one attached hydrogen (secondary N) is 2. The molecule has 0 radical (unpaired) electrons. The number of piperidine rings is 1. The fraction of sp³-hybridized carbons (Fsp3) is 0.435. The summed E-state index contributed by atoms with van der Waals surface area (Å²) >= 11 is 0. The Morgan fingerprint density at radius 2 is 1.97 bits per heavy atom. The minimum Gasteiger partial charge on any atom is -0.454 e. The third-order valence-corrected chi connectivity index (χ3v) is 6.36. The summed E-state index contributed by atoms with van der Waals surface area (Å²) in [5.74, 6) is 2.57. The van der Waals surface area contributed by atoms with Gasteiger partial charge in [-0.25, -0.2) is 0 Å². The number of ether oxygens (including phenoxy) is 2. The van der Waals surface area contributed by atoms with Crippen LogP contribution < -0.4 is 20.3 Å². The summed E-state index contributed by atoms with van der Waals surface area (Å²) in [7, 11) is 0. The SMILES string of the molecule is O=C(Cc1ccc2c(c1)OCO2)N1CCCC(C2NNCC2c2ccccc2)C1. The predicted molar refractivity (Wildman–Crippen MR) is 110 cm³/mol. The number of nitrogens with zero attached hydrogens (tertiary/aromatic N) is 1. The second-order valence-electron chi connectivity index (χ2n) is 8.17. The van der Waals surface area contributed by atoms with E-state index in [9.17, 15) is 4.79 Å². The van der Waals surface area contributed by atoms with Crippen molar-refractivity contribution in [3.05, 3.63) is 59.7 Å². The molecule has 0 aliphatic carbocycles. The van der Waals surface area contributed by atoms with E-state index in [1.807, 2.05) is 23.1 Å². The minimum atomic E-state index is 0.191. The molecule has 1 amide bonds. The van der Waals surface area contributed by atoms with E-state index in [1.165, 1.54) is 5.56 Å². The van der Waals surface area contributed by atoms with Crippen molar-refractivity contribution < 1.29 is 14.3 Å². The van der Waals surface area contributed by atoms with E-state index in [4.69, 9.17) is 9.47 Å². The van der Waals surface area contributed by atoms with Crippen molar-refractivity contribution in [3.8, 4) is 11.5 Å². The van der Waals surface area contributed by atoms with Gasteiger partial charge in [0.25, 0.3) is 0 Å². The normalized spacial score (nSPS) is 25.9. The Hall–Kier alpha value is -2.57. The maximum atomic E-state index is 13.0. The average Bonchev–Trinajstić information content (AvgIpc) is 3.44. The molecule has 152 valence electrons. The Kier molecular flexibility index (Phi) is 5.12. The molecule has 3 heterocycles. The third-order valence-electron chi connectivity index (χ3n) is 6.36. The van der Waals surface area contributed by atoms with Crippen LogP contribution in [-0.4, -0.2) is 43.3 Å². The zero-order valence-electron chi connectivity index (χ0n) is 16.5. The molecule has 3 unspecified atom stereocenters. The first kappa shape index (κ1) is 18.5. The minimum absolute atomic E-state index is 0.191. The fourth-order valence-electron chi connectivity index (χ4n) is 4.85. The van der Waals surface area contributed by atoms with Crippen LogP contribution in [0.25, 0.3) is 0 Å². The summed E-state index contributed by atoms with van der Waals surface area (Å²) < 4.78 is 10.8. The number of carbonyl (C=O) groups is 1. The van der Waals surface area contributed by atoms with Crippen molar-refractivity contribution >= 4 is 5.91 Å². The number of amides is 1. The lowest BCUT2D eigenvalue weighted by Gasteiger charge is -2.37. The lowest BCUT2D eigenvalue weighted by atomic mass is 9.81. The van der Waals surface area contributed by atoms with Crippen LogP contribution in [0.15, 0.2) is 48.5 Å². The standard InChI is InChI=1S/C23H27N3O3/c27-22(12-16-8-9-20-21(11-16)29-15-28-20)26-10-4-7-18(14-26)23-19(13-24-25-23)17-5-2-1-3-6-17/h1-3,5-6,8-9,11,18-19,23-25H,4,7,10,12-15H2. The highest BCUT2D eigenvalue weighted by Crippen LogP contribution is 2.34. The maximum absolute atomic E-state index is 13.0. The maximum Gasteiger partial charge on any atom is 0.231 e. The van der Waals surface area contributed by atoms with E-state index in [0.29, 0.717) is 24.3 Å². The van der Waals surface area contributed by atoms with Crippen LogP contribution in [0.5, 0.6) is 11.5 Å². The van der Waals surface area contributed by atoms with Crippen LogP contribution in [0.3, 0.4) is 0 Å². The molecule has 2 N–H and O–H groups in total. The van der Waals surface area contributed by atoms with Gasteiger partial charge >= 0.3 is 0 Å². The second kappa shape index (κ2) is 8.05. The molecular weight excluding hydrogens is 366 g/mol. The van der Waals surface area contributed by atoms with Gasteiger partial charge in [0, 0.05) is 31.6 Å². The van der Waals surface area contributed by atoms with E-state index >= 15 is 0 Å². The molecule has 0 bridgehead atoms. The molecule has 0 aromatic heterocycles. The molecule has 3 aliphatic heterocycles. The van der Waals surface area contributed by atoms with Crippen molar-refractivity contribution in [2.24, 2.45) is 5.92 Å². The Bertz CT molecular complexity index is 873. The van der Waals surface area contributed by atoms with Crippen LogP contribution in [0, 0.1) is 5.92 Å². The van der Waals surface area contributed by atoms with E-state index in [0.717, 1.165) is 49.5 Å². The number of likely N-dealkylation sites (tertiary alicyclic amines) is 1. The predicted octanol–water partition coefficient (Wildman–Crippen LogP) is 2.46. The summed E-state index contributed by atoms with van der Waals surface area (Å²) in [6.45, 7) is 2.84. The smallest absolute Gasteiger partial charge is 0.231 e. The summed E-state index contributed by atoms with van der Waals surface area (Å²) in [5.41, 5.74) is 9.18. The third kappa shape index (κ3) is 3.82. The van der Waals surface area contributed by atoms with Crippen molar-refractivity contribution in [1.82, 2.24) is 15.8 Å². The van der Waals surface area contributed by atoms with Crippen LogP contribution in [0.2, 0.25) is 0 Å².